The highest BCUT2D eigenvalue weighted by atomic mass is 16.3. The SMILES string of the molecule is C1=CC2CC2C(c2c(-c3ccccc3)oc3ncnc(NCCN4CCNCC4)c23)=C1. The number of fused-ring (bicyclic) bond motifs is 2. The van der Waals surface area contributed by atoms with Crippen molar-refractivity contribution in [3.8, 4) is 11.3 Å². The van der Waals surface area contributed by atoms with Crippen LogP contribution in [0.4, 0.5) is 5.82 Å². The fraction of sp³-hybridized carbons (Fsp3) is 0.360. The molecule has 0 bridgehead atoms. The van der Waals surface area contributed by atoms with E-state index in [1.165, 1.54) is 12.0 Å². The van der Waals surface area contributed by atoms with Gasteiger partial charge in [-0.25, -0.2) is 9.97 Å². The van der Waals surface area contributed by atoms with Gasteiger partial charge in [0.2, 0.25) is 5.71 Å². The van der Waals surface area contributed by atoms with E-state index in [1.807, 2.05) is 6.07 Å². The number of nitrogens with one attached hydrogen (secondary N) is 2. The topological polar surface area (TPSA) is 66.2 Å². The maximum atomic E-state index is 6.37. The Bertz CT molecular complexity index is 1140. The molecule has 0 radical (unpaired) electrons. The van der Waals surface area contributed by atoms with E-state index in [0.29, 0.717) is 17.5 Å². The van der Waals surface area contributed by atoms with E-state index in [9.17, 15) is 0 Å². The summed E-state index contributed by atoms with van der Waals surface area (Å²) in [5.74, 6) is 2.99. The molecule has 0 amide bonds. The van der Waals surface area contributed by atoms with Gasteiger partial charge in [0.25, 0.3) is 0 Å². The van der Waals surface area contributed by atoms with E-state index in [-0.39, 0.29) is 0 Å². The van der Waals surface area contributed by atoms with Crippen molar-refractivity contribution in [1.82, 2.24) is 20.2 Å². The largest absolute Gasteiger partial charge is 0.437 e. The van der Waals surface area contributed by atoms with Crippen molar-refractivity contribution < 1.29 is 4.42 Å². The number of benzene rings is 1. The lowest BCUT2D eigenvalue weighted by Gasteiger charge is -2.27. The third-order valence-electron chi connectivity index (χ3n) is 6.62. The Balaban J connectivity index is 1.40. The number of furan rings is 1. The highest BCUT2D eigenvalue weighted by Gasteiger charge is 2.42. The molecule has 1 saturated heterocycles. The van der Waals surface area contributed by atoms with Gasteiger partial charge in [-0.05, 0) is 23.8 Å². The van der Waals surface area contributed by atoms with E-state index < -0.39 is 0 Å². The molecule has 158 valence electrons. The van der Waals surface area contributed by atoms with E-state index in [0.717, 1.165) is 67.4 Å². The van der Waals surface area contributed by atoms with E-state index in [1.54, 1.807) is 6.33 Å². The van der Waals surface area contributed by atoms with Gasteiger partial charge in [-0.3, -0.25) is 4.90 Å². The lowest BCUT2D eigenvalue weighted by molar-refractivity contribution is 0.249. The second kappa shape index (κ2) is 7.94. The van der Waals surface area contributed by atoms with Crippen LogP contribution in [0.3, 0.4) is 0 Å². The maximum absolute atomic E-state index is 6.37. The molecule has 6 heteroatoms. The zero-order valence-corrected chi connectivity index (χ0v) is 17.6. The first-order chi connectivity index (χ1) is 15.4. The molecular formula is C25H27N5O. The van der Waals surface area contributed by atoms with Gasteiger partial charge in [-0.1, -0.05) is 48.6 Å². The number of hydrogen-bond donors (Lipinski definition) is 2. The highest BCUT2D eigenvalue weighted by Crippen LogP contribution is 2.54. The van der Waals surface area contributed by atoms with Gasteiger partial charge in [0, 0.05) is 50.4 Å². The summed E-state index contributed by atoms with van der Waals surface area (Å²) in [5, 5.41) is 8.01. The van der Waals surface area contributed by atoms with Crippen molar-refractivity contribution in [2.24, 2.45) is 11.8 Å². The van der Waals surface area contributed by atoms with Gasteiger partial charge in [-0.15, -0.1) is 0 Å². The number of aromatic nitrogens is 2. The Hall–Kier alpha value is -2.96. The third kappa shape index (κ3) is 3.56. The molecule has 2 N–H and O–H groups in total. The van der Waals surface area contributed by atoms with Gasteiger partial charge >= 0.3 is 0 Å². The van der Waals surface area contributed by atoms with Crippen LogP contribution in [0.5, 0.6) is 0 Å². The summed E-state index contributed by atoms with van der Waals surface area (Å²) in [6, 6.07) is 10.4. The van der Waals surface area contributed by atoms with E-state index in [2.05, 4.69) is 68.0 Å². The Kier molecular flexibility index (Phi) is 4.81. The average Bonchev–Trinajstić information content (AvgIpc) is 3.52. The number of nitrogens with zero attached hydrogens (tertiary/aromatic N) is 3. The zero-order valence-electron chi connectivity index (χ0n) is 17.6. The number of anilines is 1. The smallest absolute Gasteiger partial charge is 0.232 e. The molecule has 3 aromatic rings. The van der Waals surface area contributed by atoms with Crippen LogP contribution in [0, 0.1) is 11.8 Å². The third-order valence-corrected chi connectivity index (χ3v) is 6.62. The molecule has 3 aliphatic rings. The average molecular weight is 414 g/mol. The van der Waals surface area contributed by atoms with Gasteiger partial charge in [0.05, 0.1) is 5.39 Å². The van der Waals surface area contributed by atoms with Crippen LogP contribution >= 0.6 is 0 Å². The predicted octanol–water partition coefficient (Wildman–Crippen LogP) is 3.80. The molecule has 2 unspecified atom stereocenters. The van der Waals surface area contributed by atoms with Crippen LogP contribution in [0.2, 0.25) is 0 Å². The van der Waals surface area contributed by atoms with Crippen molar-refractivity contribution in [3.63, 3.8) is 0 Å². The molecule has 2 aliphatic carbocycles. The predicted molar refractivity (Wildman–Crippen MR) is 124 cm³/mol. The zero-order chi connectivity index (χ0) is 20.6. The van der Waals surface area contributed by atoms with Crippen molar-refractivity contribution in [2.45, 2.75) is 6.42 Å². The number of piperazine rings is 1. The molecule has 2 aromatic heterocycles. The minimum Gasteiger partial charge on any atom is -0.437 e. The van der Waals surface area contributed by atoms with Crippen molar-refractivity contribution in [3.05, 3.63) is 60.5 Å². The molecule has 1 aliphatic heterocycles. The van der Waals surface area contributed by atoms with Crippen molar-refractivity contribution in [2.75, 3.05) is 44.6 Å². The normalized spacial score (nSPS) is 22.9. The summed E-state index contributed by atoms with van der Waals surface area (Å²) in [4.78, 5) is 11.6. The summed E-state index contributed by atoms with van der Waals surface area (Å²) in [6.45, 7) is 6.17. The Labute approximate surface area is 182 Å². The van der Waals surface area contributed by atoms with Crippen LogP contribution in [0.1, 0.15) is 12.0 Å². The minimum absolute atomic E-state index is 0.571. The molecule has 0 spiro atoms. The molecule has 1 saturated carbocycles. The summed E-state index contributed by atoms with van der Waals surface area (Å²) in [7, 11) is 0. The first kappa shape index (κ1) is 18.8. The molecular weight excluding hydrogens is 386 g/mol. The second-order valence-electron chi connectivity index (χ2n) is 8.61. The number of allylic oxidation sites excluding steroid dienone is 4. The monoisotopic (exact) mass is 413 g/mol. The Morgan fingerprint density at radius 1 is 1.13 bits per heavy atom. The first-order valence-electron chi connectivity index (χ1n) is 11.3. The maximum Gasteiger partial charge on any atom is 0.232 e. The Morgan fingerprint density at radius 2 is 2.00 bits per heavy atom. The van der Waals surface area contributed by atoms with Crippen LogP contribution in [-0.2, 0) is 0 Å². The molecule has 6 nitrogen and oxygen atoms in total. The summed E-state index contributed by atoms with van der Waals surface area (Å²) in [5.41, 5.74) is 4.24. The summed E-state index contributed by atoms with van der Waals surface area (Å²) >= 11 is 0. The fourth-order valence-electron chi connectivity index (χ4n) is 4.88. The van der Waals surface area contributed by atoms with Crippen LogP contribution in [0.15, 0.2) is 59.3 Å². The molecule has 2 fully saturated rings. The molecule has 6 rings (SSSR count). The van der Waals surface area contributed by atoms with Gasteiger partial charge in [0.15, 0.2) is 0 Å². The van der Waals surface area contributed by atoms with E-state index in [4.69, 9.17) is 4.42 Å². The first-order valence-corrected chi connectivity index (χ1v) is 11.3. The summed E-state index contributed by atoms with van der Waals surface area (Å²) < 4.78 is 6.37. The van der Waals surface area contributed by atoms with E-state index >= 15 is 0 Å². The molecule has 1 aromatic carbocycles. The van der Waals surface area contributed by atoms with Gasteiger partial charge in [0.1, 0.15) is 17.9 Å². The number of hydrogen-bond acceptors (Lipinski definition) is 6. The summed E-state index contributed by atoms with van der Waals surface area (Å²) in [6.07, 6.45) is 9.58. The highest BCUT2D eigenvalue weighted by molar-refractivity contribution is 6.03. The molecule has 31 heavy (non-hydrogen) atoms. The van der Waals surface area contributed by atoms with Gasteiger partial charge in [-0.2, -0.15) is 0 Å². The Morgan fingerprint density at radius 3 is 2.87 bits per heavy atom. The van der Waals surface area contributed by atoms with Crippen molar-refractivity contribution in [1.29, 1.82) is 0 Å². The second-order valence-corrected chi connectivity index (χ2v) is 8.61. The minimum atomic E-state index is 0.571. The van der Waals surface area contributed by atoms with Crippen molar-refractivity contribution >= 4 is 22.5 Å². The van der Waals surface area contributed by atoms with Gasteiger partial charge < -0.3 is 15.1 Å². The standard InChI is InChI=1S/C25H27N5O/c1-2-5-17(6-3-1)23-21(19-8-4-7-18-15-20(18)19)22-24(28-16-29-25(22)31-23)27-11-14-30-12-9-26-10-13-30/h1-8,16,18,20,26H,9-15H2,(H,27,28,29). The van der Waals surface area contributed by atoms with Crippen LogP contribution in [0.25, 0.3) is 28.0 Å². The molecule has 2 atom stereocenters. The van der Waals surface area contributed by atoms with Crippen LogP contribution < -0.4 is 10.6 Å². The number of rotatable bonds is 6. The lowest BCUT2D eigenvalue weighted by Crippen LogP contribution is -2.45. The molecule has 3 heterocycles. The quantitative estimate of drug-likeness (QED) is 0.641. The fourth-order valence-corrected chi connectivity index (χ4v) is 4.88. The lowest BCUT2D eigenvalue weighted by atomic mass is 9.93. The van der Waals surface area contributed by atoms with Crippen LogP contribution in [-0.4, -0.2) is 54.1 Å².